The largest absolute Gasteiger partial charge is 0.325 e. The summed E-state index contributed by atoms with van der Waals surface area (Å²) in [7, 11) is 0. The molecule has 4 atom stereocenters. The molecule has 0 radical (unpaired) electrons. The fourth-order valence-electron chi connectivity index (χ4n) is 9.26. The highest BCUT2D eigenvalue weighted by atomic mass is 16.2. The van der Waals surface area contributed by atoms with Gasteiger partial charge in [-0.2, -0.15) is 0 Å². The molecule has 0 saturated carbocycles. The van der Waals surface area contributed by atoms with Crippen molar-refractivity contribution in [3.63, 3.8) is 0 Å². The van der Waals surface area contributed by atoms with Gasteiger partial charge in [-0.1, -0.05) is 97.1 Å². The lowest BCUT2D eigenvalue weighted by Gasteiger charge is -2.36. The first-order valence-corrected chi connectivity index (χ1v) is 17.6. The zero-order valence-corrected chi connectivity index (χ0v) is 27.1. The lowest BCUT2D eigenvalue weighted by Crippen LogP contribution is -2.38. The summed E-state index contributed by atoms with van der Waals surface area (Å²) in [5.41, 5.74) is 11.1. The molecule has 0 spiro atoms. The van der Waals surface area contributed by atoms with E-state index in [4.69, 9.17) is 0 Å². The standard InChI is InChI=1S/C43H39N3O2/c47-42(45(38-21-17-28-9-1-5-13-33(28)38)39-22-18-29-10-2-6-14-34(29)39)32-25-26-44-37(27-32)43(48)46(40-23-19-30-11-3-7-15-35(30)40)41-24-20-31-12-4-8-16-36(31)41/h1-16,25-27,38-41H,17-24H2. The van der Waals surface area contributed by atoms with Crippen LogP contribution in [-0.2, 0) is 25.7 Å². The Morgan fingerprint density at radius 3 is 1.23 bits per heavy atom. The second-order valence-corrected chi connectivity index (χ2v) is 13.9. The van der Waals surface area contributed by atoms with Gasteiger partial charge in [0.2, 0.25) is 0 Å². The Morgan fingerprint density at radius 2 is 0.833 bits per heavy atom. The fraction of sp³-hybridized carbons (Fsp3) is 0.279. The number of hydrogen-bond acceptors (Lipinski definition) is 3. The van der Waals surface area contributed by atoms with Crippen LogP contribution in [0.15, 0.2) is 115 Å². The lowest BCUT2D eigenvalue weighted by molar-refractivity contribution is 0.0556. The molecule has 5 aromatic rings. The number of rotatable bonds is 6. The highest BCUT2D eigenvalue weighted by molar-refractivity contribution is 5.99. The van der Waals surface area contributed by atoms with E-state index in [9.17, 15) is 9.59 Å². The summed E-state index contributed by atoms with van der Waals surface area (Å²) in [5, 5.41) is 0. The van der Waals surface area contributed by atoms with E-state index in [0.717, 1.165) is 51.4 Å². The molecule has 48 heavy (non-hydrogen) atoms. The average molecular weight is 630 g/mol. The summed E-state index contributed by atoms with van der Waals surface area (Å²) in [4.78, 5) is 38.7. The van der Waals surface area contributed by atoms with Crippen molar-refractivity contribution in [2.75, 3.05) is 0 Å². The Morgan fingerprint density at radius 1 is 0.479 bits per heavy atom. The number of benzene rings is 4. The summed E-state index contributed by atoms with van der Waals surface area (Å²) in [6.45, 7) is 0. The van der Waals surface area contributed by atoms with Crippen LogP contribution in [0.1, 0.15) is 115 Å². The highest BCUT2D eigenvalue weighted by Gasteiger charge is 2.42. The topological polar surface area (TPSA) is 53.5 Å². The van der Waals surface area contributed by atoms with Crippen LogP contribution in [0.4, 0.5) is 0 Å². The van der Waals surface area contributed by atoms with Crippen LogP contribution in [0.5, 0.6) is 0 Å². The van der Waals surface area contributed by atoms with E-state index in [-0.39, 0.29) is 36.0 Å². The van der Waals surface area contributed by atoms with E-state index >= 15 is 0 Å². The molecule has 1 aromatic heterocycles. The molecule has 4 aromatic carbocycles. The SMILES string of the molecule is O=C(c1ccnc(C(=O)N(C2CCc3ccccc32)C2CCc3ccccc32)c1)N(C1CCc2ccccc21)C1CCc2ccccc21. The maximum atomic E-state index is 14.9. The average Bonchev–Trinajstić information content (AvgIpc) is 3.95. The molecular formula is C43H39N3O2. The van der Waals surface area contributed by atoms with Gasteiger partial charge in [-0.15, -0.1) is 0 Å². The van der Waals surface area contributed by atoms with Gasteiger partial charge in [0, 0.05) is 11.8 Å². The van der Waals surface area contributed by atoms with Gasteiger partial charge in [-0.3, -0.25) is 14.6 Å². The molecular weight excluding hydrogens is 590 g/mol. The molecule has 0 saturated heterocycles. The van der Waals surface area contributed by atoms with Crippen molar-refractivity contribution < 1.29 is 9.59 Å². The zero-order valence-electron chi connectivity index (χ0n) is 27.1. The number of aryl methyl sites for hydroxylation is 4. The van der Waals surface area contributed by atoms with Gasteiger partial charge in [-0.25, -0.2) is 0 Å². The van der Waals surface area contributed by atoms with Gasteiger partial charge in [-0.05, 0) is 108 Å². The predicted octanol–water partition coefficient (Wildman–Crippen LogP) is 8.72. The van der Waals surface area contributed by atoms with Crippen molar-refractivity contribution >= 4 is 11.8 Å². The van der Waals surface area contributed by atoms with Crippen molar-refractivity contribution in [3.8, 4) is 0 Å². The minimum atomic E-state index is -0.1000. The molecule has 238 valence electrons. The summed E-state index contributed by atoms with van der Waals surface area (Å²) < 4.78 is 0. The van der Waals surface area contributed by atoms with Crippen molar-refractivity contribution in [2.45, 2.75) is 75.5 Å². The molecule has 4 aliphatic rings. The maximum absolute atomic E-state index is 14.9. The first-order valence-electron chi connectivity index (χ1n) is 17.6. The number of amides is 2. The van der Waals surface area contributed by atoms with Crippen molar-refractivity contribution in [1.82, 2.24) is 14.8 Å². The van der Waals surface area contributed by atoms with Crippen LogP contribution in [0.2, 0.25) is 0 Å². The molecule has 0 N–H and O–H groups in total. The molecule has 4 aliphatic carbocycles. The first-order chi connectivity index (χ1) is 23.7. The van der Waals surface area contributed by atoms with Gasteiger partial charge in [0.15, 0.2) is 0 Å². The number of hydrogen-bond donors (Lipinski definition) is 0. The molecule has 0 aliphatic heterocycles. The third-order valence-electron chi connectivity index (χ3n) is 11.4. The Hall–Kier alpha value is -5.03. The van der Waals surface area contributed by atoms with Crippen LogP contribution in [-0.4, -0.2) is 26.6 Å². The van der Waals surface area contributed by atoms with Gasteiger partial charge >= 0.3 is 0 Å². The Kier molecular flexibility index (Phi) is 7.22. The maximum Gasteiger partial charge on any atom is 0.273 e. The van der Waals surface area contributed by atoms with Crippen LogP contribution in [0, 0.1) is 0 Å². The molecule has 5 nitrogen and oxygen atoms in total. The lowest BCUT2D eigenvalue weighted by atomic mass is 9.99. The van der Waals surface area contributed by atoms with E-state index in [1.54, 1.807) is 18.3 Å². The molecule has 4 unspecified atom stereocenters. The molecule has 9 rings (SSSR count). The van der Waals surface area contributed by atoms with Crippen LogP contribution >= 0.6 is 0 Å². The number of carbonyl (C=O) groups is 2. The van der Waals surface area contributed by atoms with Crippen molar-refractivity contribution in [3.05, 3.63) is 171 Å². The van der Waals surface area contributed by atoms with Gasteiger partial charge in [0.05, 0.1) is 24.2 Å². The predicted molar refractivity (Wildman–Crippen MR) is 187 cm³/mol. The fourth-order valence-corrected chi connectivity index (χ4v) is 9.26. The zero-order chi connectivity index (χ0) is 32.2. The summed E-state index contributed by atoms with van der Waals surface area (Å²) in [6.07, 6.45) is 9.05. The summed E-state index contributed by atoms with van der Waals surface area (Å²) in [6, 6.07) is 37.7. The van der Waals surface area contributed by atoms with Gasteiger partial charge in [0.1, 0.15) is 5.69 Å². The van der Waals surface area contributed by atoms with Gasteiger partial charge < -0.3 is 9.80 Å². The first kappa shape index (κ1) is 29.1. The summed E-state index contributed by atoms with van der Waals surface area (Å²) >= 11 is 0. The van der Waals surface area contributed by atoms with Gasteiger partial charge in [0.25, 0.3) is 11.8 Å². The molecule has 2 amide bonds. The molecule has 1 heterocycles. The van der Waals surface area contributed by atoms with Crippen molar-refractivity contribution in [1.29, 1.82) is 0 Å². The van der Waals surface area contributed by atoms with E-state index < -0.39 is 0 Å². The van der Waals surface area contributed by atoms with E-state index in [2.05, 4.69) is 112 Å². The number of pyridine rings is 1. The third kappa shape index (κ3) is 4.78. The Balaban J connectivity index is 1.10. The summed E-state index contributed by atoms with van der Waals surface area (Å²) in [5.74, 6) is -0.129. The van der Waals surface area contributed by atoms with E-state index in [1.807, 2.05) is 0 Å². The molecule has 5 heteroatoms. The van der Waals surface area contributed by atoms with Crippen LogP contribution in [0.3, 0.4) is 0 Å². The second-order valence-electron chi connectivity index (χ2n) is 13.9. The number of aromatic nitrogens is 1. The highest BCUT2D eigenvalue weighted by Crippen LogP contribution is 2.47. The van der Waals surface area contributed by atoms with Crippen LogP contribution < -0.4 is 0 Å². The quantitative estimate of drug-likeness (QED) is 0.189. The Bertz CT molecular complexity index is 1800. The number of fused-ring (bicyclic) bond motifs is 4. The molecule has 0 bridgehead atoms. The minimum absolute atomic E-state index is 0.0151. The van der Waals surface area contributed by atoms with E-state index in [1.165, 1.54) is 44.5 Å². The number of carbonyl (C=O) groups excluding carboxylic acids is 2. The minimum Gasteiger partial charge on any atom is -0.325 e. The monoisotopic (exact) mass is 629 g/mol. The van der Waals surface area contributed by atoms with E-state index in [0.29, 0.717) is 11.3 Å². The molecule has 0 fully saturated rings. The Labute approximate surface area is 282 Å². The number of nitrogens with zero attached hydrogens (tertiary/aromatic N) is 3. The van der Waals surface area contributed by atoms with Crippen molar-refractivity contribution in [2.24, 2.45) is 0 Å². The normalized spacial score (nSPS) is 21.7. The smallest absolute Gasteiger partial charge is 0.273 e. The second kappa shape index (κ2) is 11.9. The van der Waals surface area contributed by atoms with Crippen LogP contribution in [0.25, 0.3) is 0 Å². The third-order valence-corrected chi connectivity index (χ3v) is 11.4.